The minimum Gasteiger partial charge on any atom is -0.343 e. The summed E-state index contributed by atoms with van der Waals surface area (Å²) in [6.45, 7) is 0.561. The Kier molecular flexibility index (Phi) is 6.79. The zero-order valence-electron chi connectivity index (χ0n) is 15.3. The maximum absolute atomic E-state index is 12.8. The van der Waals surface area contributed by atoms with Crippen LogP contribution in [-0.2, 0) is 14.8 Å². The highest BCUT2D eigenvalue weighted by Crippen LogP contribution is 2.25. The second kappa shape index (κ2) is 9.13. The number of hydrogen-bond donors (Lipinski definition) is 1. The van der Waals surface area contributed by atoms with Crippen molar-refractivity contribution in [1.82, 2.24) is 14.5 Å². The number of amides is 2. The molecule has 0 aliphatic carbocycles. The van der Waals surface area contributed by atoms with Gasteiger partial charge < -0.3 is 10.2 Å². The molecule has 154 valence electrons. The Labute approximate surface area is 179 Å². The van der Waals surface area contributed by atoms with Crippen molar-refractivity contribution in [3.05, 3.63) is 64.1 Å². The summed E-state index contributed by atoms with van der Waals surface area (Å²) in [6, 6.07) is 12.8. The van der Waals surface area contributed by atoms with E-state index < -0.39 is 15.9 Å². The van der Waals surface area contributed by atoms with Gasteiger partial charge in [-0.05, 0) is 24.3 Å². The monoisotopic (exact) mass is 455 g/mol. The molecule has 1 aliphatic rings. The standard InChI is InChI=1S/C19H19Cl2N3O4S/c20-15-6-2-1-5-14(15)19(26)22-13-18(25)23-9-11-24(12-10-23)29(27,28)17-8-4-3-7-16(17)21/h1-8H,9-13H2,(H,22,26). The number of carbonyl (C=O) groups is 2. The quantitative estimate of drug-likeness (QED) is 0.748. The summed E-state index contributed by atoms with van der Waals surface area (Å²) in [4.78, 5) is 26.1. The Balaban J connectivity index is 1.55. The van der Waals surface area contributed by atoms with Crippen molar-refractivity contribution in [2.45, 2.75) is 4.90 Å². The first kappa shape index (κ1) is 21.6. The number of carbonyl (C=O) groups excluding carboxylic acids is 2. The Morgan fingerprint density at radius 3 is 2.10 bits per heavy atom. The van der Waals surface area contributed by atoms with Gasteiger partial charge in [-0.25, -0.2) is 8.42 Å². The average molecular weight is 456 g/mol. The zero-order valence-corrected chi connectivity index (χ0v) is 17.7. The molecule has 3 rings (SSSR count). The summed E-state index contributed by atoms with van der Waals surface area (Å²) < 4.78 is 26.8. The van der Waals surface area contributed by atoms with Gasteiger partial charge in [0, 0.05) is 26.2 Å². The van der Waals surface area contributed by atoms with Crippen molar-refractivity contribution in [1.29, 1.82) is 0 Å². The van der Waals surface area contributed by atoms with Gasteiger partial charge in [0.15, 0.2) is 0 Å². The molecule has 0 spiro atoms. The number of nitrogens with zero attached hydrogens (tertiary/aromatic N) is 2. The van der Waals surface area contributed by atoms with Gasteiger partial charge in [-0.15, -0.1) is 0 Å². The van der Waals surface area contributed by atoms with Crippen LogP contribution in [0.15, 0.2) is 53.4 Å². The fourth-order valence-corrected chi connectivity index (χ4v) is 5.12. The SMILES string of the molecule is O=C(NCC(=O)N1CCN(S(=O)(=O)c2ccccc2Cl)CC1)c1ccccc1Cl. The molecule has 29 heavy (non-hydrogen) atoms. The summed E-state index contributed by atoms with van der Waals surface area (Å²) in [5.74, 6) is -0.732. The van der Waals surface area contributed by atoms with Gasteiger partial charge in [-0.2, -0.15) is 4.31 Å². The van der Waals surface area contributed by atoms with E-state index in [1.54, 1.807) is 36.4 Å². The van der Waals surface area contributed by atoms with Gasteiger partial charge in [0.25, 0.3) is 5.91 Å². The third-order valence-corrected chi connectivity index (χ3v) is 7.29. The van der Waals surface area contributed by atoms with E-state index in [1.165, 1.54) is 21.3 Å². The van der Waals surface area contributed by atoms with Crippen LogP contribution in [-0.4, -0.2) is 62.2 Å². The van der Waals surface area contributed by atoms with Crippen molar-refractivity contribution in [3.8, 4) is 0 Å². The molecule has 2 aromatic carbocycles. The molecule has 0 saturated carbocycles. The first-order valence-electron chi connectivity index (χ1n) is 8.86. The van der Waals surface area contributed by atoms with Crippen LogP contribution in [0.2, 0.25) is 10.0 Å². The third kappa shape index (κ3) is 4.90. The highest BCUT2D eigenvalue weighted by atomic mass is 35.5. The number of nitrogens with one attached hydrogen (secondary N) is 1. The number of halogens is 2. The first-order valence-corrected chi connectivity index (χ1v) is 11.1. The molecular formula is C19H19Cl2N3O4S. The van der Waals surface area contributed by atoms with Crippen molar-refractivity contribution in [2.75, 3.05) is 32.7 Å². The fourth-order valence-electron chi connectivity index (χ4n) is 2.98. The van der Waals surface area contributed by atoms with Gasteiger partial charge in [-0.1, -0.05) is 47.5 Å². The predicted octanol–water partition coefficient (Wildman–Crippen LogP) is 2.26. The summed E-state index contributed by atoms with van der Waals surface area (Å²) in [7, 11) is -3.73. The lowest BCUT2D eigenvalue weighted by Gasteiger charge is -2.34. The Bertz CT molecular complexity index is 1020. The molecule has 2 aromatic rings. The van der Waals surface area contributed by atoms with E-state index in [4.69, 9.17) is 23.2 Å². The molecule has 1 saturated heterocycles. The molecule has 7 nitrogen and oxygen atoms in total. The van der Waals surface area contributed by atoms with Gasteiger partial charge in [0.1, 0.15) is 4.90 Å². The van der Waals surface area contributed by atoms with Crippen LogP contribution in [0.25, 0.3) is 0 Å². The number of hydrogen-bond acceptors (Lipinski definition) is 4. The van der Waals surface area contributed by atoms with Crippen LogP contribution in [0.1, 0.15) is 10.4 Å². The van der Waals surface area contributed by atoms with Crippen molar-refractivity contribution in [2.24, 2.45) is 0 Å². The summed E-state index contributed by atoms with van der Waals surface area (Å²) >= 11 is 12.0. The van der Waals surface area contributed by atoms with Crippen LogP contribution >= 0.6 is 23.2 Å². The smallest absolute Gasteiger partial charge is 0.253 e. The third-order valence-electron chi connectivity index (χ3n) is 4.56. The summed E-state index contributed by atoms with van der Waals surface area (Å²) in [5.41, 5.74) is 0.289. The number of sulfonamides is 1. The van der Waals surface area contributed by atoms with Gasteiger partial charge in [-0.3, -0.25) is 9.59 Å². The maximum atomic E-state index is 12.8. The van der Waals surface area contributed by atoms with Gasteiger partial charge in [0.05, 0.1) is 22.2 Å². The molecule has 1 aliphatic heterocycles. The summed E-state index contributed by atoms with van der Waals surface area (Å²) in [5, 5.41) is 3.01. The van der Waals surface area contributed by atoms with E-state index in [2.05, 4.69) is 5.32 Å². The molecular weight excluding hydrogens is 437 g/mol. The molecule has 2 amide bonds. The van der Waals surface area contributed by atoms with Crippen molar-refractivity contribution < 1.29 is 18.0 Å². The van der Waals surface area contributed by atoms with E-state index in [0.717, 1.165) is 0 Å². The molecule has 0 aromatic heterocycles. The molecule has 1 heterocycles. The largest absolute Gasteiger partial charge is 0.343 e. The number of piperazine rings is 1. The van der Waals surface area contributed by atoms with E-state index in [9.17, 15) is 18.0 Å². The topological polar surface area (TPSA) is 86.8 Å². The van der Waals surface area contributed by atoms with E-state index in [1.807, 2.05) is 0 Å². The molecule has 1 fully saturated rings. The number of benzene rings is 2. The highest BCUT2D eigenvalue weighted by Gasteiger charge is 2.31. The van der Waals surface area contributed by atoms with Gasteiger partial charge >= 0.3 is 0 Å². The second-order valence-corrected chi connectivity index (χ2v) is 9.10. The average Bonchev–Trinajstić information content (AvgIpc) is 2.72. The van der Waals surface area contributed by atoms with Crippen LogP contribution in [0.4, 0.5) is 0 Å². The summed E-state index contributed by atoms with van der Waals surface area (Å²) in [6.07, 6.45) is 0. The zero-order chi connectivity index (χ0) is 21.0. The maximum Gasteiger partial charge on any atom is 0.253 e. The molecule has 1 N–H and O–H groups in total. The first-order chi connectivity index (χ1) is 13.8. The van der Waals surface area contributed by atoms with Gasteiger partial charge in [0.2, 0.25) is 15.9 Å². The number of rotatable bonds is 5. The lowest BCUT2D eigenvalue weighted by Crippen LogP contribution is -2.52. The normalized spacial score (nSPS) is 15.2. The minimum absolute atomic E-state index is 0.0495. The molecule has 0 radical (unpaired) electrons. The Morgan fingerprint density at radius 2 is 1.48 bits per heavy atom. The Morgan fingerprint density at radius 1 is 0.897 bits per heavy atom. The lowest BCUT2D eigenvalue weighted by atomic mass is 10.2. The Hall–Kier alpha value is -2.13. The molecule has 0 bridgehead atoms. The highest BCUT2D eigenvalue weighted by molar-refractivity contribution is 7.89. The molecule has 0 atom stereocenters. The second-order valence-electron chi connectivity index (χ2n) is 6.38. The van der Waals surface area contributed by atoms with E-state index in [0.29, 0.717) is 5.02 Å². The minimum atomic E-state index is -3.73. The van der Waals surface area contributed by atoms with E-state index in [-0.39, 0.29) is 54.1 Å². The molecule has 10 heteroatoms. The fraction of sp³-hybridized carbons (Fsp3) is 0.263. The van der Waals surface area contributed by atoms with Crippen LogP contribution in [0, 0.1) is 0 Å². The van der Waals surface area contributed by atoms with E-state index >= 15 is 0 Å². The van der Waals surface area contributed by atoms with Crippen LogP contribution in [0.3, 0.4) is 0 Å². The predicted molar refractivity (Wildman–Crippen MR) is 111 cm³/mol. The van der Waals surface area contributed by atoms with Crippen molar-refractivity contribution in [3.63, 3.8) is 0 Å². The van der Waals surface area contributed by atoms with Crippen LogP contribution in [0.5, 0.6) is 0 Å². The molecule has 0 unspecified atom stereocenters. The van der Waals surface area contributed by atoms with Crippen LogP contribution < -0.4 is 5.32 Å². The lowest BCUT2D eigenvalue weighted by molar-refractivity contribution is -0.131. The van der Waals surface area contributed by atoms with Crippen molar-refractivity contribution >= 4 is 45.0 Å².